The van der Waals surface area contributed by atoms with Crippen LogP contribution in [0.1, 0.15) is 6.92 Å². The summed E-state index contributed by atoms with van der Waals surface area (Å²) in [6, 6.07) is 7.37. The largest absolute Gasteiger partial charge is 0.481 e. The Morgan fingerprint density at radius 3 is 2.70 bits per heavy atom. The van der Waals surface area contributed by atoms with E-state index in [1.807, 2.05) is 25.1 Å². The molecule has 0 aliphatic carbocycles. The van der Waals surface area contributed by atoms with Crippen LogP contribution in [0.2, 0.25) is 5.02 Å². The zero-order valence-corrected chi connectivity index (χ0v) is 12.7. The van der Waals surface area contributed by atoms with E-state index in [0.717, 1.165) is 4.90 Å². The second-order valence-corrected chi connectivity index (χ2v) is 6.36. The second kappa shape index (κ2) is 6.50. The number of thioether (sulfide) groups is 1. The van der Waals surface area contributed by atoms with E-state index in [1.165, 1.54) is 11.8 Å². The highest BCUT2D eigenvalue weighted by Crippen LogP contribution is 2.28. The van der Waals surface area contributed by atoms with Crippen LogP contribution >= 0.6 is 23.4 Å². The van der Waals surface area contributed by atoms with Crippen LogP contribution in [0.25, 0.3) is 0 Å². The smallest absolute Gasteiger partial charge is 0.308 e. The SMILES string of the molecule is CC1CN(C(=O)CSc2ccccc2Cl)CC1C(=O)O. The Kier molecular flexibility index (Phi) is 4.94. The van der Waals surface area contributed by atoms with Gasteiger partial charge in [0.15, 0.2) is 0 Å². The minimum Gasteiger partial charge on any atom is -0.481 e. The topological polar surface area (TPSA) is 57.6 Å². The normalized spacial score (nSPS) is 22.0. The summed E-state index contributed by atoms with van der Waals surface area (Å²) in [4.78, 5) is 25.7. The van der Waals surface area contributed by atoms with E-state index in [0.29, 0.717) is 18.1 Å². The molecule has 1 aliphatic heterocycles. The van der Waals surface area contributed by atoms with Gasteiger partial charge in [-0.2, -0.15) is 0 Å². The molecule has 4 nitrogen and oxygen atoms in total. The lowest BCUT2D eigenvalue weighted by Crippen LogP contribution is -2.31. The van der Waals surface area contributed by atoms with Gasteiger partial charge in [-0.3, -0.25) is 9.59 Å². The number of carbonyl (C=O) groups is 2. The van der Waals surface area contributed by atoms with Crippen molar-refractivity contribution in [1.29, 1.82) is 0 Å². The molecule has 108 valence electrons. The van der Waals surface area contributed by atoms with Crippen LogP contribution in [-0.2, 0) is 9.59 Å². The minimum absolute atomic E-state index is 0.00163. The van der Waals surface area contributed by atoms with Crippen molar-refractivity contribution in [3.8, 4) is 0 Å². The van der Waals surface area contributed by atoms with Gasteiger partial charge in [-0.15, -0.1) is 11.8 Å². The molecular weight excluding hydrogens is 298 g/mol. The highest BCUT2D eigenvalue weighted by Gasteiger charge is 2.36. The summed E-state index contributed by atoms with van der Waals surface area (Å²) in [7, 11) is 0. The maximum atomic E-state index is 12.1. The monoisotopic (exact) mass is 313 g/mol. The molecule has 0 bridgehead atoms. The lowest BCUT2D eigenvalue weighted by Gasteiger charge is -2.15. The Morgan fingerprint density at radius 1 is 1.40 bits per heavy atom. The van der Waals surface area contributed by atoms with E-state index in [4.69, 9.17) is 16.7 Å². The minimum atomic E-state index is -0.827. The predicted molar refractivity (Wildman–Crippen MR) is 79.0 cm³/mol. The Hall–Kier alpha value is -1.20. The number of likely N-dealkylation sites (tertiary alicyclic amines) is 1. The van der Waals surface area contributed by atoms with Crippen LogP contribution in [0.15, 0.2) is 29.2 Å². The van der Waals surface area contributed by atoms with Crippen molar-refractivity contribution < 1.29 is 14.7 Å². The number of carboxylic acid groups (broad SMARTS) is 1. The van der Waals surface area contributed by atoms with Gasteiger partial charge in [0.2, 0.25) is 5.91 Å². The van der Waals surface area contributed by atoms with Gasteiger partial charge in [0.25, 0.3) is 0 Å². The molecular formula is C14H16ClNO3S. The number of rotatable bonds is 4. The van der Waals surface area contributed by atoms with Crippen molar-refractivity contribution in [2.75, 3.05) is 18.8 Å². The van der Waals surface area contributed by atoms with Crippen LogP contribution in [0, 0.1) is 11.8 Å². The van der Waals surface area contributed by atoms with Crippen molar-refractivity contribution >= 4 is 35.2 Å². The van der Waals surface area contributed by atoms with E-state index in [-0.39, 0.29) is 17.6 Å². The number of aliphatic carboxylic acids is 1. The number of benzene rings is 1. The van der Waals surface area contributed by atoms with Crippen LogP contribution in [0.3, 0.4) is 0 Å². The van der Waals surface area contributed by atoms with Gasteiger partial charge in [0.05, 0.1) is 16.7 Å². The van der Waals surface area contributed by atoms with E-state index < -0.39 is 11.9 Å². The summed E-state index contributed by atoms with van der Waals surface area (Å²) in [5.41, 5.74) is 0. The van der Waals surface area contributed by atoms with E-state index >= 15 is 0 Å². The van der Waals surface area contributed by atoms with Gasteiger partial charge in [0, 0.05) is 18.0 Å². The van der Waals surface area contributed by atoms with E-state index in [9.17, 15) is 9.59 Å². The van der Waals surface area contributed by atoms with Gasteiger partial charge < -0.3 is 10.0 Å². The molecule has 2 rings (SSSR count). The van der Waals surface area contributed by atoms with Gasteiger partial charge in [-0.25, -0.2) is 0 Å². The number of nitrogens with zero attached hydrogens (tertiary/aromatic N) is 1. The number of carboxylic acids is 1. The van der Waals surface area contributed by atoms with Crippen molar-refractivity contribution in [2.24, 2.45) is 11.8 Å². The molecule has 20 heavy (non-hydrogen) atoms. The maximum Gasteiger partial charge on any atom is 0.308 e. The average Bonchev–Trinajstić information content (AvgIpc) is 2.80. The van der Waals surface area contributed by atoms with Gasteiger partial charge in [0.1, 0.15) is 0 Å². The summed E-state index contributed by atoms with van der Waals surface area (Å²) >= 11 is 7.41. The lowest BCUT2D eigenvalue weighted by molar-refractivity contribution is -0.142. The molecule has 2 unspecified atom stereocenters. The fourth-order valence-corrected chi connectivity index (χ4v) is 3.43. The average molecular weight is 314 g/mol. The molecule has 2 atom stereocenters. The number of amides is 1. The third-order valence-electron chi connectivity index (χ3n) is 3.47. The molecule has 1 saturated heterocycles. The zero-order chi connectivity index (χ0) is 14.7. The van der Waals surface area contributed by atoms with Crippen molar-refractivity contribution in [3.05, 3.63) is 29.3 Å². The van der Waals surface area contributed by atoms with Gasteiger partial charge in [-0.05, 0) is 18.1 Å². The lowest BCUT2D eigenvalue weighted by atomic mass is 9.99. The van der Waals surface area contributed by atoms with E-state index in [2.05, 4.69) is 0 Å². The maximum absolute atomic E-state index is 12.1. The Bertz CT molecular complexity index is 523. The summed E-state index contributed by atoms with van der Waals surface area (Å²) in [6.07, 6.45) is 0. The molecule has 1 N–H and O–H groups in total. The number of halogens is 1. The van der Waals surface area contributed by atoms with Gasteiger partial charge >= 0.3 is 5.97 Å². The second-order valence-electron chi connectivity index (χ2n) is 4.94. The number of hydrogen-bond acceptors (Lipinski definition) is 3. The fraction of sp³-hybridized carbons (Fsp3) is 0.429. The highest BCUT2D eigenvalue weighted by atomic mass is 35.5. The quantitative estimate of drug-likeness (QED) is 0.868. The Balaban J connectivity index is 1.90. The highest BCUT2D eigenvalue weighted by molar-refractivity contribution is 8.00. The molecule has 1 aliphatic rings. The molecule has 1 fully saturated rings. The summed E-state index contributed by atoms with van der Waals surface area (Å²) in [5.74, 6) is -1.04. The van der Waals surface area contributed by atoms with Gasteiger partial charge in [-0.1, -0.05) is 30.7 Å². The third kappa shape index (κ3) is 3.46. The molecule has 6 heteroatoms. The summed E-state index contributed by atoms with van der Waals surface area (Å²) in [5, 5.41) is 9.70. The molecule has 1 aromatic carbocycles. The first-order valence-electron chi connectivity index (χ1n) is 6.37. The predicted octanol–water partition coefficient (Wildman–Crippen LogP) is 2.61. The third-order valence-corrected chi connectivity index (χ3v) is 4.97. The van der Waals surface area contributed by atoms with E-state index in [1.54, 1.807) is 11.0 Å². The van der Waals surface area contributed by atoms with Crippen molar-refractivity contribution in [2.45, 2.75) is 11.8 Å². The van der Waals surface area contributed by atoms with Crippen LogP contribution in [0.4, 0.5) is 0 Å². The number of carbonyl (C=O) groups excluding carboxylic acids is 1. The first-order valence-corrected chi connectivity index (χ1v) is 7.73. The molecule has 0 spiro atoms. The molecule has 1 heterocycles. The summed E-state index contributed by atoms with van der Waals surface area (Å²) in [6.45, 7) is 2.69. The standard InChI is InChI=1S/C14H16ClNO3S/c1-9-6-16(7-10(9)14(18)19)13(17)8-20-12-5-3-2-4-11(12)15/h2-5,9-10H,6-8H2,1H3,(H,18,19). The first-order chi connectivity index (χ1) is 9.49. The Morgan fingerprint density at radius 2 is 2.10 bits per heavy atom. The zero-order valence-electron chi connectivity index (χ0n) is 11.1. The van der Waals surface area contributed by atoms with Crippen LogP contribution < -0.4 is 0 Å². The molecule has 1 aromatic rings. The summed E-state index contributed by atoms with van der Waals surface area (Å²) < 4.78 is 0. The van der Waals surface area contributed by atoms with Crippen LogP contribution in [0.5, 0.6) is 0 Å². The van der Waals surface area contributed by atoms with Crippen molar-refractivity contribution in [3.63, 3.8) is 0 Å². The Labute approximate surface area is 127 Å². The van der Waals surface area contributed by atoms with Crippen molar-refractivity contribution in [1.82, 2.24) is 4.90 Å². The first kappa shape index (κ1) is 15.2. The molecule has 0 radical (unpaired) electrons. The molecule has 0 saturated carbocycles. The molecule has 0 aromatic heterocycles. The molecule has 1 amide bonds. The number of hydrogen-bond donors (Lipinski definition) is 1. The van der Waals surface area contributed by atoms with Crippen LogP contribution in [-0.4, -0.2) is 40.7 Å². The fourth-order valence-electron chi connectivity index (χ4n) is 2.28.